The molecule has 0 bridgehead atoms. The van der Waals surface area contributed by atoms with Gasteiger partial charge in [-0.2, -0.15) is 0 Å². The Morgan fingerprint density at radius 3 is 2.43 bits per heavy atom. The highest BCUT2D eigenvalue weighted by molar-refractivity contribution is 7.99. The number of thioether (sulfide) groups is 1. The van der Waals surface area contributed by atoms with Gasteiger partial charge in [0.15, 0.2) is 10.9 Å². The highest BCUT2D eigenvalue weighted by atomic mass is 32.2. The fraction of sp³-hybridized carbons (Fsp3) is 0.190. The van der Waals surface area contributed by atoms with E-state index in [4.69, 9.17) is 0 Å². The molecule has 2 amide bonds. The van der Waals surface area contributed by atoms with Crippen LogP contribution in [0, 0.1) is 13.8 Å². The molecule has 1 aromatic heterocycles. The zero-order valence-corrected chi connectivity index (χ0v) is 17.6. The predicted octanol–water partition coefficient (Wildman–Crippen LogP) is 3.14. The highest BCUT2D eigenvalue weighted by Gasteiger charge is 2.15. The molecule has 0 radical (unpaired) electrons. The van der Waals surface area contributed by atoms with E-state index in [2.05, 4.69) is 25.8 Å². The Morgan fingerprint density at radius 2 is 1.73 bits per heavy atom. The molecule has 9 heteroatoms. The van der Waals surface area contributed by atoms with E-state index in [1.54, 1.807) is 12.1 Å². The van der Waals surface area contributed by atoms with Crippen molar-refractivity contribution in [2.24, 2.45) is 0 Å². The number of aryl methyl sites for hydroxylation is 2. The summed E-state index contributed by atoms with van der Waals surface area (Å²) in [6, 6.07) is 12.8. The topological polar surface area (TPSA) is 117 Å². The molecule has 8 nitrogen and oxygen atoms in total. The summed E-state index contributed by atoms with van der Waals surface area (Å²) in [5, 5.41) is 13.9. The summed E-state index contributed by atoms with van der Waals surface area (Å²) < 4.78 is 0. The van der Waals surface area contributed by atoms with E-state index in [1.807, 2.05) is 44.2 Å². The zero-order chi connectivity index (χ0) is 21.7. The van der Waals surface area contributed by atoms with Crippen molar-refractivity contribution >= 4 is 35.0 Å². The quantitative estimate of drug-likeness (QED) is 0.525. The third-order valence-electron chi connectivity index (χ3n) is 4.26. The second kappa shape index (κ2) is 9.36. The number of nitrogens with one attached hydrogen (secondary N) is 3. The number of benzene rings is 2. The second-order valence-corrected chi connectivity index (χ2v) is 7.60. The summed E-state index contributed by atoms with van der Waals surface area (Å²) in [7, 11) is 0. The number of amides is 2. The number of nitrogens with zero attached hydrogens (tertiary/aromatic N) is 2. The largest absolute Gasteiger partial charge is 0.325 e. The molecule has 0 fully saturated rings. The minimum atomic E-state index is -0.455. The number of hydrogen-bond donors (Lipinski definition) is 3. The fourth-order valence-electron chi connectivity index (χ4n) is 2.80. The Hall–Kier alpha value is -3.46. The lowest BCUT2D eigenvalue weighted by Gasteiger charge is -2.12. The third-order valence-corrected chi connectivity index (χ3v) is 5.13. The summed E-state index contributed by atoms with van der Waals surface area (Å²) in [5.74, 6) is -0.394. The van der Waals surface area contributed by atoms with Crippen molar-refractivity contribution in [2.75, 3.05) is 16.4 Å². The first-order valence-electron chi connectivity index (χ1n) is 9.18. The summed E-state index contributed by atoms with van der Waals surface area (Å²) in [6.07, 6.45) is 0. The van der Waals surface area contributed by atoms with Gasteiger partial charge in [0.1, 0.15) is 0 Å². The molecule has 3 aromatic rings. The molecule has 0 aliphatic heterocycles. The molecule has 3 rings (SSSR count). The third kappa shape index (κ3) is 5.12. The molecular formula is C21H21N5O3S. The first-order chi connectivity index (χ1) is 14.3. The maximum absolute atomic E-state index is 12.6. The van der Waals surface area contributed by atoms with Crippen molar-refractivity contribution < 1.29 is 9.59 Å². The van der Waals surface area contributed by atoms with E-state index in [-0.39, 0.29) is 28.4 Å². The van der Waals surface area contributed by atoms with Gasteiger partial charge >= 0.3 is 0 Å². The second-order valence-electron chi connectivity index (χ2n) is 6.64. The molecule has 1 heterocycles. The number of H-pyrrole nitrogens is 1. The highest BCUT2D eigenvalue weighted by Crippen LogP contribution is 2.27. The Labute approximate surface area is 177 Å². The molecule has 30 heavy (non-hydrogen) atoms. The Morgan fingerprint density at radius 1 is 1.00 bits per heavy atom. The lowest BCUT2D eigenvalue weighted by molar-refractivity contribution is -0.114. The molecule has 0 aliphatic rings. The molecule has 154 valence electrons. The van der Waals surface area contributed by atoms with E-state index >= 15 is 0 Å². The number of rotatable bonds is 6. The standard InChI is InChI=1S/C21H21N5O3S/c1-12-7-4-5-10-16(12)23-17(28)11-30-21-24-20(29)19(25-26-21)15-9-6-8-13(2)18(15)22-14(3)27/h4-10H,11H2,1-3H3,(H,22,27)(H,23,28)(H,24,26,29). The summed E-state index contributed by atoms with van der Waals surface area (Å²) >= 11 is 1.08. The van der Waals surface area contributed by atoms with Gasteiger partial charge in [-0.25, -0.2) is 0 Å². The van der Waals surface area contributed by atoms with Crippen molar-refractivity contribution in [3.63, 3.8) is 0 Å². The Bertz CT molecular complexity index is 1160. The van der Waals surface area contributed by atoms with Crippen LogP contribution in [0.2, 0.25) is 0 Å². The molecule has 0 unspecified atom stereocenters. The molecule has 0 saturated carbocycles. The van der Waals surface area contributed by atoms with E-state index in [0.29, 0.717) is 11.3 Å². The van der Waals surface area contributed by atoms with E-state index < -0.39 is 5.56 Å². The maximum Gasteiger partial charge on any atom is 0.278 e. The van der Waals surface area contributed by atoms with Crippen LogP contribution in [-0.2, 0) is 9.59 Å². The predicted molar refractivity (Wildman–Crippen MR) is 118 cm³/mol. The first kappa shape index (κ1) is 21.3. The van der Waals surface area contributed by atoms with Gasteiger partial charge in [0.25, 0.3) is 5.56 Å². The smallest absolute Gasteiger partial charge is 0.278 e. The minimum Gasteiger partial charge on any atom is -0.325 e. The van der Waals surface area contributed by atoms with Gasteiger partial charge in [-0.15, -0.1) is 10.2 Å². The maximum atomic E-state index is 12.6. The zero-order valence-electron chi connectivity index (χ0n) is 16.8. The molecule has 3 N–H and O–H groups in total. The normalized spacial score (nSPS) is 10.5. The molecule has 0 saturated heterocycles. The van der Waals surface area contributed by atoms with Crippen LogP contribution < -0.4 is 16.2 Å². The summed E-state index contributed by atoms with van der Waals surface area (Å²) in [6.45, 7) is 5.13. The van der Waals surface area contributed by atoms with E-state index in [0.717, 1.165) is 28.6 Å². The van der Waals surface area contributed by atoms with Crippen LogP contribution in [0.15, 0.2) is 52.4 Å². The number of anilines is 2. The number of aromatic amines is 1. The van der Waals surface area contributed by atoms with Crippen molar-refractivity contribution in [3.8, 4) is 11.3 Å². The van der Waals surface area contributed by atoms with Crippen LogP contribution in [0.5, 0.6) is 0 Å². The lowest BCUT2D eigenvalue weighted by atomic mass is 10.1. The van der Waals surface area contributed by atoms with Crippen molar-refractivity contribution in [1.29, 1.82) is 0 Å². The van der Waals surface area contributed by atoms with Crippen molar-refractivity contribution in [1.82, 2.24) is 15.2 Å². The average Bonchev–Trinajstić information content (AvgIpc) is 2.70. The Kier molecular flexibility index (Phi) is 6.63. The monoisotopic (exact) mass is 423 g/mol. The SMILES string of the molecule is CC(=O)Nc1c(C)cccc1-c1nnc(SCC(=O)Nc2ccccc2C)[nH]c1=O. The van der Waals surface area contributed by atoms with Gasteiger partial charge in [0, 0.05) is 18.2 Å². The summed E-state index contributed by atoms with van der Waals surface area (Å²) in [5.41, 5.74) is 3.13. The van der Waals surface area contributed by atoms with E-state index in [9.17, 15) is 14.4 Å². The van der Waals surface area contributed by atoms with Crippen LogP contribution in [0.3, 0.4) is 0 Å². The molecular weight excluding hydrogens is 402 g/mol. The Balaban J connectivity index is 1.74. The molecule has 0 atom stereocenters. The van der Waals surface area contributed by atoms with Crippen LogP contribution >= 0.6 is 11.8 Å². The number of hydrogen-bond acceptors (Lipinski definition) is 6. The molecule has 2 aromatic carbocycles. The van der Waals surface area contributed by atoms with Gasteiger partial charge in [-0.05, 0) is 31.0 Å². The van der Waals surface area contributed by atoms with Crippen LogP contribution in [0.1, 0.15) is 18.1 Å². The number of para-hydroxylation sites is 2. The molecule has 0 spiro atoms. The van der Waals surface area contributed by atoms with Gasteiger partial charge in [0.05, 0.1) is 11.4 Å². The van der Waals surface area contributed by atoms with Crippen LogP contribution in [0.4, 0.5) is 11.4 Å². The number of aromatic nitrogens is 3. The average molecular weight is 423 g/mol. The van der Waals surface area contributed by atoms with Crippen LogP contribution in [0.25, 0.3) is 11.3 Å². The van der Waals surface area contributed by atoms with Gasteiger partial charge in [-0.3, -0.25) is 19.4 Å². The summed E-state index contributed by atoms with van der Waals surface area (Å²) in [4.78, 5) is 38.9. The fourth-order valence-corrected chi connectivity index (χ4v) is 3.41. The van der Waals surface area contributed by atoms with E-state index in [1.165, 1.54) is 6.92 Å². The van der Waals surface area contributed by atoms with Gasteiger partial charge < -0.3 is 10.6 Å². The number of carbonyl (C=O) groups is 2. The molecule has 0 aliphatic carbocycles. The van der Waals surface area contributed by atoms with Crippen molar-refractivity contribution in [2.45, 2.75) is 25.9 Å². The minimum absolute atomic E-state index is 0.0693. The van der Waals surface area contributed by atoms with Gasteiger partial charge in [-0.1, -0.05) is 48.2 Å². The van der Waals surface area contributed by atoms with Gasteiger partial charge in [0.2, 0.25) is 11.8 Å². The number of carbonyl (C=O) groups excluding carboxylic acids is 2. The lowest BCUT2D eigenvalue weighted by Crippen LogP contribution is -2.18. The van der Waals surface area contributed by atoms with Crippen LogP contribution in [-0.4, -0.2) is 32.7 Å². The van der Waals surface area contributed by atoms with Crippen molar-refractivity contribution in [3.05, 3.63) is 63.9 Å². The first-order valence-corrected chi connectivity index (χ1v) is 10.2.